The Bertz CT molecular complexity index is 811. The number of rotatable bonds is 16. The predicted octanol–water partition coefficient (Wildman–Crippen LogP) is 8.57. The van der Waals surface area contributed by atoms with E-state index in [4.69, 9.17) is 9.47 Å². The van der Waals surface area contributed by atoms with Crippen molar-refractivity contribution in [1.29, 1.82) is 0 Å². The zero-order valence-corrected chi connectivity index (χ0v) is 21.3. The lowest BCUT2D eigenvalue weighted by atomic mass is 10.1. The molecule has 0 aliphatic rings. The maximum atomic E-state index is 5.82. The number of ether oxygens (including phenoxy) is 2. The molecule has 0 radical (unpaired) electrons. The third kappa shape index (κ3) is 13.0. The maximum Gasteiger partial charge on any atom is 0.119 e. The third-order valence-electron chi connectivity index (χ3n) is 5.72. The highest BCUT2D eigenvalue weighted by atomic mass is 16.5. The van der Waals surface area contributed by atoms with Gasteiger partial charge in [-0.3, -0.25) is 0 Å². The minimum atomic E-state index is 0.783. The Morgan fingerprint density at radius 2 is 0.824 bits per heavy atom. The van der Waals surface area contributed by atoms with Gasteiger partial charge in [-0.2, -0.15) is 0 Å². The summed E-state index contributed by atoms with van der Waals surface area (Å²) in [6.45, 7) is 6.06. The molecule has 2 aromatic carbocycles. The second-order valence-electron chi connectivity index (χ2n) is 8.78. The first-order chi connectivity index (χ1) is 16.8. The van der Waals surface area contributed by atoms with Crippen LogP contribution in [0.3, 0.4) is 0 Å². The summed E-state index contributed by atoms with van der Waals surface area (Å²) in [6, 6.07) is 15.9. The van der Waals surface area contributed by atoms with Crippen molar-refractivity contribution < 1.29 is 9.47 Å². The highest BCUT2D eigenvalue weighted by Gasteiger charge is 1.96. The summed E-state index contributed by atoms with van der Waals surface area (Å²) in [6.07, 6.45) is 15.3. The lowest BCUT2D eigenvalue weighted by Gasteiger charge is -2.06. The van der Waals surface area contributed by atoms with Gasteiger partial charge in [0.15, 0.2) is 0 Å². The van der Waals surface area contributed by atoms with Crippen molar-refractivity contribution >= 4 is 0 Å². The molecule has 0 aromatic heterocycles. The Hall–Kier alpha value is -2.84. The molecule has 2 nitrogen and oxygen atoms in total. The fourth-order valence-corrected chi connectivity index (χ4v) is 3.62. The summed E-state index contributed by atoms with van der Waals surface area (Å²) in [5.74, 6) is 13.9. The summed E-state index contributed by atoms with van der Waals surface area (Å²) in [5.41, 5.74) is 1.89. The molecule has 0 amide bonds. The van der Waals surface area contributed by atoms with Gasteiger partial charge >= 0.3 is 0 Å². The molecule has 0 aliphatic heterocycles. The van der Waals surface area contributed by atoms with E-state index in [-0.39, 0.29) is 0 Å². The lowest BCUT2D eigenvalue weighted by molar-refractivity contribution is 0.304. The van der Waals surface area contributed by atoms with Crippen LogP contribution >= 0.6 is 0 Å². The molecule has 0 atom stereocenters. The van der Waals surface area contributed by atoms with Crippen molar-refractivity contribution in [1.82, 2.24) is 0 Å². The van der Waals surface area contributed by atoms with E-state index in [2.05, 4.69) is 37.5 Å². The first kappa shape index (κ1) is 27.4. The quantitative estimate of drug-likeness (QED) is 0.185. The van der Waals surface area contributed by atoms with Crippen LogP contribution in [-0.4, -0.2) is 13.2 Å². The van der Waals surface area contributed by atoms with E-state index < -0.39 is 0 Å². The molecule has 2 heteroatoms. The molecule has 0 heterocycles. The average Bonchev–Trinajstić information content (AvgIpc) is 2.87. The van der Waals surface area contributed by atoms with Crippen LogP contribution in [-0.2, 0) is 0 Å². The zero-order chi connectivity index (χ0) is 24.1. The molecule has 0 bridgehead atoms. The fourth-order valence-electron chi connectivity index (χ4n) is 3.62. The number of hydrogen-bond donors (Lipinski definition) is 0. The highest BCUT2D eigenvalue weighted by Crippen LogP contribution is 2.14. The maximum absolute atomic E-state index is 5.82. The topological polar surface area (TPSA) is 18.5 Å². The second kappa shape index (κ2) is 18.6. The van der Waals surface area contributed by atoms with Crippen LogP contribution in [0.15, 0.2) is 48.5 Å². The predicted molar refractivity (Wildman–Crippen MR) is 144 cm³/mol. The molecular weight excluding hydrogens is 416 g/mol. The Kier molecular flexibility index (Phi) is 15.0. The van der Waals surface area contributed by atoms with Gasteiger partial charge in [0.25, 0.3) is 0 Å². The van der Waals surface area contributed by atoms with E-state index in [1.807, 2.05) is 48.5 Å². The minimum Gasteiger partial charge on any atom is -0.494 e. The average molecular weight is 459 g/mol. The summed E-state index contributed by atoms with van der Waals surface area (Å²) in [4.78, 5) is 0. The lowest BCUT2D eigenvalue weighted by Crippen LogP contribution is -1.97. The smallest absolute Gasteiger partial charge is 0.119 e. The molecule has 0 spiro atoms. The van der Waals surface area contributed by atoms with E-state index >= 15 is 0 Å². The molecule has 0 saturated heterocycles. The van der Waals surface area contributed by atoms with Crippen LogP contribution in [0.4, 0.5) is 0 Å². The summed E-state index contributed by atoms with van der Waals surface area (Å²) >= 11 is 0. The van der Waals surface area contributed by atoms with Crippen LogP contribution in [0, 0.1) is 23.7 Å². The highest BCUT2D eigenvalue weighted by molar-refractivity contribution is 5.46. The van der Waals surface area contributed by atoms with Gasteiger partial charge in [-0.05, 0) is 73.2 Å². The number of hydrogen-bond acceptors (Lipinski definition) is 2. The Labute approximate surface area is 208 Å². The van der Waals surface area contributed by atoms with Crippen molar-refractivity contribution in [3.63, 3.8) is 0 Å². The molecule has 0 fully saturated rings. The van der Waals surface area contributed by atoms with Crippen molar-refractivity contribution in [3.8, 4) is 35.2 Å². The molecule has 0 unspecified atom stereocenters. The number of benzene rings is 2. The van der Waals surface area contributed by atoms with Crippen LogP contribution in [0.25, 0.3) is 0 Å². The molecule has 34 heavy (non-hydrogen) atoms. The van der Waals surface area contributed by atoms with Gasteiger partial charge in [-0.15, -0.1) is 0 Å². The normalized spacial score (nSPS) is 10.1. The van der Waals surface area contributed by atoms with Gasteiger partial charge in [-0.25, -0.2) is 0 Å². The van der Waals surface area contributed by atoms with Crippen LogP contribution < -0.4 is 9.47 Å². The van der Waals surface area contributed by atoms with Gasteiger partial charge in [0.05, 0.1) is 13.2 Å². The zero-order valence-electron chi connectivity index (χ0n) is 21.3. The summed E-state index contributed by atoms with van der Waals surface area (Å²) in [7, 11) is 0. The van der Waals surface area contributed by atoms with Gasteiger partial charge in [-0.1, -0.05) is 89.9 Å². The Balaban J connectivity index is 1.66. The number of unbranched alkanes of at least 4 members (excludes halogenated alkanes) is 10. The molecule has 0 N–H and O–H groups in total. The summed E-state index contributed by atoms with van der Waals surface area (Å²) in [5, 5.41) is 0. The third-order valence-corrected chi connectivity index (χ3v) is 5.72. The molecule has 182 valence electrons. The van der Waals surface area contributed by atoms with E-state index in [0.29, 0.717) is 0 Å². The van der Waals surface area contributed by atoms with Gasteiger partial charge in [0.1, 0.15) is 11.5 Å². The largest absolute Gasteiger partial charge is 0.494 e. The van der Waals surface area contributed by atoms with Crippen LogP contribution in [0.5, 0.6) is 11.5 Å². The van der Waals surface area contributed by atoms with Gasteiger partial charge in [0, 0.05) is 11.1 Å². The molecule has 0 saturated carbocycles. The van der Waals surface area contributed by atoms with E-state index in [9.17, 15) is 0 Å². The molecule has 0 aliphatic carbocycles. The monoisotopic (exact) mass is 458 g/mol. The van der Waals surface area contributed by atoms with E-state index in [1.54, 1.807) is 0 Å². The fraction of sp³-hybridized carbons (Fsp3) is 0.500. The first-order valence-electron chi connectivity index (χ1n) is 13.3. The van der Waals surface area contributed by atoms with Crippen LogP contribution in [0.1, 0.15) is 102 Å². The molecule has 2 rings (SSSR count). The van der Waals surface area contributed by atoms with Gasteiger partial charge in [0.2, 0.25) is 0 Å². The SMILES string of the molecule is CCCCCCCCOc1ccc(C#CC#Cc2ccc(OCCCCCCCC)cc2)cc1. The first-order valence-corrected chi connectivity index (χ1v) is 13.3. The van der Waals surface area contributed by atoms with Gasteiger partial charge < -0.3 is 9.47 Å². The van der Waals surface area contributed by atoms with Crippen molar-refractivity contribution in [2.24, 2.45) is 0 Å². The molecular formula is C32H42O2. The Morgan fingerprint density at radius 3 is 1.21 bits per heavy atom. The van der Waals surface area contributed by atoms with Crippen molar-refractivity contribution in [2.75, 3.05) is 13.2 Å². The van der Waals surface area contributed by atoms with Crippen molar-refractivity contribution in [2.45, 2.75) is 90.9 Å². The second-order valence-corrected chi connectivity index (χ2v) is 8.78. The Morgan fingerprint density at radius 1 is 0.471 bits per heavy atom. The minimum absolute atomic E-state index is 0.783. The standard InChI is InChI=1S/C32H42O2/c1-3-5-7-9-11-15-27-33-31-23-19-29(20-24-31)17-13-14-18-30-21-25-32(26-22-30)34-28-16-12-10-8-6-4-2/h19-26H,3-12,15-16,27-28H2,1-2H3. The van der Waals surface area contributed by atoms with E-state index in [0.717, 1.165) is 48.7 Å². The van der Waals surface area contributed by atoms with E-state index in [1.165, 1.54) is 64.2 Å². The summed E-state index contributed by atoms with van der Waals surface area (Å²) < 4.78 is 11.6. The van der Waals surface area contributed by atoms with Crippen molar-refractivity contribution in [3.05, 3.63) is 59.7 Å². The molecule has 2 aromatic rings. The van der Waals surface area contributed by atoms with Crippen LogP contribution in [0.2, 0.25) is 0 Å².